The van der Waals surface area contributed by atoms with E-state index in [9.17, 15) is 4.79 Å². The van der Waals surface area contributed by atoms with Gasteiger partial charge in [-0.05, 0) is 5.56 Å². The Morgan fingerprint density at radius 2 is 2.17 bits per heavy atom. The van der Waals surface area contributed by atoms with Gasteiger partial charge < -0.3 is 15.1 Å². The number of aromatic amines is 2. The lowest BCUT2D eigenvalue weighted by atomic mass is 10.2. The van der Waals surface area contributed by atoms with Crippen LogP contribution in [0.5, 0.6) is 0 Å². The molecule has 0 atom stereocenters. The Bertz CT molecular complexity index is 867. The standard InChI is InChI=1S/C16H17N5O2/c1-17-16-20-14-13(15(22)21-16)12(9-18-14)10-19-23-8-7-11-5-3-2-4-6-11/h2-6,9-10H,7-8H2,1H3,(H3,17,18,20,21,22)/b19-10+. The number of hydrogen-bond donors (Lipinski definition) is 3. The molecule has 0 saturated carbocycles. The average Bonchev–Trinajstić information content (AvgIpc) is 2.99. The predicted molar refractivity (Wildman–Crippen MR) is 90.0 cm³/mol. The Labute approximate surface area is 132 Å². The van der Waals surface area contributed by atoms with Gasteiger partial charge in [0, 0.05) is 25.2 Å². The maximum Gasteiger partial charge on any atom is 0.262 e. The molecule has 0 aliphatic rings. The van der Waals surface area contributed by atoms with E-state index < -0.39 is 0 Å². The second kappa shape index (κ2) is 6.78. The Balaban J connectivity index is 1.66. The first kappa shape index (κ1) is 14.8. The molecule has 0 fully saturated rings. The second-order valence-electron chi connectivity index (χ2n) is 4.94. The van der Waals surface area contributed by atoms with Crippen LogP contribution in [0.25, 0.3) is 11.0 Å². The summed E-state index contributed by atoms with van der Waals surface area (Å²) < 4.78 is 0. The molecule has 3 aromatic rings. The minimum atomic E-state index is -0.230. The third kappa shape index (κ3) is 3.39. The van der Waals surface area contributed by atoms with Crippen LogP contribution in [0.15, 0.2) is 46.5 Å². The van der Waals surface area contributed by atoms with Gasteiger partial charge in [0.25, 0.3) is 5.56 Å². The monoisotopic (exact) mass is 311 g/mol. The zero-order valence-corrected chi connectivity index (χ0v) is 12.7. The lowest BCUT2D eigenvalue weighted by Crippen LogP contribution is -2.11. The summed E-state index contributed by atoms with van der Waals surface area (Å²) in [4.78, 5) is 27.1. The van der Waals surface area contributed by atoms with Crippen LogP contribution in [0, 0.1) is 0 Å². The maximum absolute atomic E-state index is 12.1. The van der Waals surface area contributed by atoms with Gasteiger partial charge >= 0.3 is 0 Å². The molecular weight excluding hydrogens is 294 g/mol. The number of benzene rings is 1. The number of aromatic nitrogens is 3. The Morgan fingerprint density at radius 3 is 2.96 bits per heavy atom. The molecule has 2 heterocycles. The number of fused-ring (bicyclic) bond motifs is 1. The smallest absolute Gasteiger partial charge is 0.262 e. The van der Waals surface area contributed by atoms with Crippen molar-refractivity contribution in [3.63, 3.8) is 0 Å². The molecule has 118 valence electrons. The molecule has 2 aromatic heterocycles. The third-order valence-electron chi connectivity index (χ3n) is 3.40. The fourth-order valence-electron chi connectivity index (χ4n) is 2.24. The van der Waals surface area contributed by atoms with Crippen molar-refractivity contribution in [2.24, 2.45) is 5.16 Å². The van der Waals surface area contributed by atoms with Crippen LogP contribution in [0.1, 0.15) is 11.1 Å². The van der Waals surface area contributed by atoms with Gasteiger partial charge in [0.15, 0.2) is 0 Å². The van der Waals surface area contributed by atoms with Crippen LogP contribution in [-0.4, -0.2) is 34.8 Å². The van der Waals surface area contributed by atoms with Gasteiger partial charge in [-0.25, -0.2) is 0 Å². The van der Waals surface area contributed by atoms with Gasteiger partial charge in [0.05, 0.1) is 11.6 Å². The van der Waals surface area contributed by atoms with Crippen LogP contribution < -0.4 is 10.9 Å². The van der Waals surface area contributed by atoms with E-state index in [0.717, 1.165) is 6.42 Å². The van der Waals surface area contributed by atoms with Gasteiger partial charge in [0.2, 0.25) is 5.95 Å². The topological polar surface area (TPSA) is 95.2 Å². The zero-order chi connectivity index (χ0) is 16.1. The number of nitrogens with zero attached hydrogens (tertiary/aromatic N) is 2. The van der Waals surface area contributed by atoms with E-state index in [0.29, 0.717) is 29.2 Å². The molecular formula is C16H17N5O2. The first-order chi connectivity index (χ1) is 11.3. The minimum Gasteiger partial charge on any atom is -0.395 e. The molecule has 7 nitrogen and oxygen atoms in total. The number of rotatable bonds is 6. The van der Waals surface area contributed by atoms with Gasteiger partial charge in [-0.15, -0.1) is 0 Å². The lowest BCUT2D eigenvalue weighted by Gasteiger charge is -2.00. The summed E-state index contributed by atoms with van der Waals surface area (Å²) in [6.45, 7) is 0.474. The first-order valence-electron chi connectivity index (χ1n) is 7.26. The summed E-state index contributed by atoms with van der Waals surface area (Å²) in [6.07, 6.45) is 3.97. The van der Waals surface area contributed by atoms with E-state index in [1.54, 1.807) is 13.2 Å². The van der Waals surface area contributed by atoms with E-state index in [4.69, 9.17) is 4.84 Å². The lowest BCUT2D eigenvalue weighted by molar-refractivity contribution is 0.149. The van der Waals surface area contributed by atoms with E-state index in [-0.39, 0.29) is 5.56 Å². The molecule has 1 aromatic carbocycles. The number of hydrogen-bond acceptors (Lipinski definition) is 5. The quantitative estimate of drug-likeness (QED) is 0.368. The van der Waals surface area contributed by atoms with E-state index in [1.165, 1.54) is 11.8 Å². The summed E-state index contributed by atoms with van der Waals surface area (Å²) in [5.41, 5.74) is 2.10. The Morgan fingerprint density at radius 1 is 1.35 bits per heavy atom. The van der Waals surface area contributed by atoms with Crippen molar-refractivity contribution in [3.8, 4) is 0 Å². The number of nitrogens with one attached hydrogen (secondary N) is 3. The Kier molecular flexibility index (Phi) is 4.37. The van der Waals surface area contributed by atoms with E-state index in [1.807, 2.05) is 30.3 Å². The van der Waals surface area contributed by atoms with Crippen molar-refractivity contribution in [1.82, 2.24) is 15.0 Å². The largest absolute Gasteiger partial charge is 0.395 e. The van der Waals surface area contributed by atoms with Crippen LogP contribution in [-0.2, 0) is 11.3 Å². The number of anilines is 1. The number of oxime groups is 1. The van der Waals surface area contributed by atoms with Gasteiger partial charge in [-0.1, -0.05) is 35.5 Å². The van der Waals surface area contributed by atoms with Crippen molar-refractivity contribution < 1.29 is 4.84 Å². The van der Waals surface area contributed by atoms with Crippen molar-refractivity contribution in [3.05, 3.63) is 58.0 Å². The Hall–Kier alpha value is -3.09. The highest BCUT2D eigenvalue weighted by Crippen LogP contribution is 2.11. The summed E-state index contributed by atoms with van der Waals surface area (Å²) in [6, 6.07) is 10.0. The molecule has 0 radical (unpaired) electrons. The predicted octanol–water partition coefficient (Wildman–Crippen LogP) is 1.89. The summed E-state index contributed by atoms with van der Waals surface area (Å²) in [5.74, 6) is 0.409. The van der Waals surface area contributed by atoms with Gasteiger partial charge in [-0.3, -0.25) is 9.78 Å². The first-order valence-corrected chi connectivity index (χ1v) is 7.26. The highest BCUT2D eigenvalue weighted by molar-refractivity contribution is 5.97. The zero-order valence-electron chi connectivity index (χ0n) is 12.7. The number of H-pyrrole nitrogens is 2. The molecule has 0 spiro atoms. The van der Waals surface area contributed by atoms with E-state index >= 15 is 0 Å². The summed E-state index contributed by atoms with van der Waals surface area (Å²) in [7, 11) is 1.69. The van der Waals surface area contributed by atoms with E-state index in [2.05, 4.69) is 25.4 Å². The van der Waals surface area contributed by atoms with Crippen molar-refractivity contribution in [2.75, 3.05) is 19.0 Å². The molecule has 0 bridgehead atoms. The van der Waals surface area contributed by atoms with Gasteiger partial charge in [-0.2, -0.15) is 4.98 Å². The van der Waals surface area contributed by atoms with Crippen LogP contribution >= 0.6 is 0 Å². The average molecular weight is 311 g/mol. The molecule has 0 saturated heterocycles. The SMILES string of the molecule is CNc1nc2[nH]cc(/C=N/OCCc3ccccc3)c2c(=O)[nH]1. The van der Waals surface area contributed by atoms with Crippen molar-refractivity contribution >= 4 is 23.2 Å². The van der Waals surface area contributed by atoms with Crippen LogP contribution in [0.3, 0.4) is 0 Å². The van der Waals surface area contributed by atoms with Gasteiger partial charge in [0.1, 0.15) is 12.3 Å². The molecule has 0 aliphatic heterocycles. The normalized spacial score (nSPS) is 11.2. The summed E-state index contributed by atoms with van der Waals surface area (Å²) in [5, 5.41) is 7.18. The molecule has 23 heavy (non-hydrogen) atoms. The fourth-order valence-corrected chi connectivity index (χ4v) is 2.24. The molecule has 7 heteroatoms. The van der Waals surface area contributed by atoms with Crippen molar-refractivity contribution in [1.29, 1.82) is 0 Å². The maximum atomic E-state index is 12.1. The van der Waals surface area contributed by atoms with Crippen molar-refractivity contribution in [2.45, 2.75) is 6.42 Å². The van der Waals surface area contributed by atoms with Crippen LogP contribution in [0.4, 0.5) is 5.95 Å². The minimum absolute atomic E-state index is 0.230. The summed E-state index contributed by atoms with van der Waals surface area (Å²) >= 11 is 0. The second-order valence-corrected chi connectivity index (χ2v) is 4.94. The van der Waals surface area contributed by atoms with Crippen LogP contribution in [0.2, 0.25) is 0 Å². The highest BCUT2D eigenvalue weighted by atomic mass is 16.6. The molecule has 0 unspecified atom stereocenters. The molecule has 3 rings (SSSR count). The molecule has 0 amide bonds. The fraction of sp³-hybridized carbons (Fsp3) is 0.188. The third-order valence-corrected chi connectivity index (χ3v) is 3.40. The molecule has 0 aliphatic carbocycles. The molecule has 3 N–H and O–H groups in total. The highest BCUT2D eigenvalue weighted by Gasteiger charge is 2.09.